The summed E-state index contributed by atoms with van der Waals surface area (Å²) in [6, 6.07) is 7.28. The van der Waals surface area contributed by atoms with Gasteiger partial charge in [-0.1, -0.05) is 17.3 Å². The largest absolute Gasteiger partial charge is 0.490 e. The zero-order valence-corrected chi connectivity index (χ0v) is 13.4. The molecule has 0 saturated carbocycles. The van der Waals surface area contributed by atoms with E-state index in [4.69, 9.17) is 13.7 Å². The van der Waals surface area contributed by atoms with Crippen LogP contribution in [0.15, 0.2) is 33.2 Å². The lowest BCUT2D eigenvalue weighted by Gasteiger charge is -2.08. The molecule has 2 heterocycles. The van der Waals surface area contributed by atoms with Gasteiger partial charge in [0.15, 0.2) is 17.1 Å². The summed E-state index contributed by atoms with van der Waals surface area (Å²) < 4.78 is 16.5. The molecule has 6 nitrogen and oxygen atoms in total. The van der Waals surface area contributed by atoms with Gasteiger partial charge in [-0.05, 0) is 44.7 Å². The minimum atomic E-state index is -0.349. The first-order chi connectivity index (χ1) is 11.8. The van der Waals surface area contributed by atoms with E-state index in [1.54, 1.807) is 6.07 Å². The van der Waals surface area contributed by atoms with Crippen LogP contribution in [0.1, 0.15) is 41.6 Å². The fourth-order valence-electron chi connectivity index (χ4n) is 3.07. The summed E-state index contributed by atoms with van der Waals surface area (Å²) in [7, 11) is 0. The first kappa shape index (κ1) is 14.8. The number of para-hydroxylation sites is 1. The number of nitrogens with zero attached hydrogens (tertiary/aromatic N) is 1. The summed E-state index contributed by atoms with van der Waals surface area (Å²) >= 11 is 0. The molecule has 1 aromatic carbocycles. The molecule has 0 aliphatic heterocycles. The van der Waals surface area contributed by atoms with Crippen molar-refractivity contribution in [1.82, 2.24) is 5.16 Å². The summed E-state index contributed by atoms with van der Waals surface area (Å²) in [5.74, 6) is 0.933. The van der Waals surface area contributed by atoms with Crippen molar-refractivity contribution in [3.63, 3.8) is 0 Å². The van der Waals surface area contributed by atoms with Crippen molar-refractivity contribution < 1.29 is 18.5 Å². The number of benzene rings is 1. The number of ether oxygens (including phenoxy) is 1. The third-order valence-corrected chi connectivity index (χ3v) is 4.22. The Kier molecular flexibility index (Phi) is 3.72. The molecule has 1 N–H and O–H groups in total. The maximum absolute atomic E-state index is 12.5. The van der Waals surface area contributed by atoms with E-state index >= 15 is 0 Å². The maximum atomic E-state index is 12.5. The van der Waals surface area contributed by atoms with Crippen LogP contribution >= 0.6 is 0 Å². The third-order valence-electron chi connectivity index (χ3n) is 4.22. The van der Waals surface area contributed by atoms with Crippen molar-refractivity contribution in [2.75, 3.05) is 11.9 Å². The predicted octanol–water partition coefficient (Wildman–Crippen LogP) is 3.95. The molecule has 6 heteroatoms. The highest BCUT2D eigenvalue weighted by atomic mass is 16.5. The van der Waals surface area contributed by atoms with Crippen LogP contribution in [0, 0.1) is 0 Å². The molecule has 1 aliphatic rings. The van der Waals surface area contributed by atoms with Gasteiger partial charge < -0.3 is 13.7 Å². The van der Waals surface area contributed by atoms with Gasteiger partial charge in [-0.2, -0.15) is 0 Å². The zero-order chi connectivity index (χ0) is 16.5. The monoisotopic (exact) mass is 326 g/mol. The zero-order valence-electron chi connectivity index (χ0n) is 13.4. The smallest absolute Gasteiger partial charge is 0.293 e. The molecule has 0 fully saturated rings. The van der Waals surface area contributed by atoms with Gasteiger partial charge in [-0.15, -0.1) is 0 Å². The highest BCUT2D eigenvalue weighted by Crippen LogP contribution is 2.31. The molecule has 0 unspecified atom stereocenters. The van der Waals surface area contributed by atoms with Gasteiger partial charge in [0.25, 0.3) is 5.91 Å². The summed E-state index contributed by atoms with van der Waals surface area (Å²) in [6.07, 6.45) is 3.97. The fourth-order valence-corrected chi connectivity index (χ4v) is 3.07. The van der Waals surface area contributed by atoms with Crippen molar-refractivity contribution in [2.24, 2.45) is 0 Å². The molecule has 24 heavy (non-hydrogen) atoms. The van der Waals surface area contributed by atoms with Crippen molar-refractivity contribution in [1.29, 1.82) is 0 Å². The second-order valence-corrected chi connectivity index (χ2v) is 5.82. The van der Waals surface area contributed by atoms with Crippen molar-refractivity contribution in [2.45, 2.75) is 32.6 Å². The lowest BCUT2D eigenvalue weighted by Crippen LogP contribution is -2.12. The highest BCUT2D eigenvalue weighted by Gasteiger charge is 2.22. The number of aryl methyl sites for hydroxylation is 1. The van der Waals surface area contributed by atoms with E-state index in [0.717, 1.165) is 42.3 Å². The fraction of sp³-hybridized carbons (Fsp3) is 0.333. The van der Waals surface area contributed by atoms with Gasteiger partial charge in [0.1, 0.15) is 0 Å². The average molecular weight is 326 g/mol. The topological polar surface area (TPSA) is 77.5 Å². The number of aromatic nitrogens is 1. The summed E-state index contributed by atoms with van der Waals surface area (Å²) in [5.41, 5.74) is 2.52. The Bertz CT molecular complexity index is 894. The molecular weight excluding hydrogens is 308 g/mol. The Labute approximate surface area is 138 Å². The molecule has 0 bridgehead atoms. The van der Waals surface area contributed by atoms with E-state index in [2.05, 4.69) is 10.5 Å². The Balaban J connectivity index is 1.62. The van der Waals surface area contributed by atoms with Crippen molar-refractivity contribution >= 4 is 22.8 Å². The van der Waals surface area contributed by atoms with Crippen LogP contribution in [-0.2, 0) is 12.8 Å². The molecular formula is C18H18N2O4. The number of hydrogen-bond acceptors (Lipinski definition) is 5. The van der Waals surface area contributed by atoms with E-state index in [1.165, 1.54) is 0 Å². The van der Waals surface area contributed by atoms with Crippen LogP contribution < -0.4 is 10.1 Å². The molecule has 0 atom stereocenters. The number of amides is 1. The molecule has 0 radical (unpaired) electrons. The molecule has 2 aromatic heterocycles. The quantitative estimate of drug-likeness (QED) is 0.785. The summed E-state index contributed by atoms with van der Waals surface area (Å²) in [6.45, 7) is 2.44. The van der Waals surface area contributed by atoms with E-state index in [-0.39, 0.29) is 11.7 Å². The van der Waals surface area contributed by atoms with Crippen LogP contribution in [0.4, 0.5) is 5.88 Å². The first-order valence-corrected chi connectivity index (χ1v) is 8.20. The lowest BCUT2D eigenvalue weighted by atomic mass is 9.98. The molecule has 3 aromatic rings. The van der Waals surface area contributed by atoms with Crippen molar-refractivity contribution in [3.8, 4) is 5.75 Å². The Hall–Kier alpha value is -2.76. The normalized spacial score (nSPS) is 13.7. The number of hydrogen-bond donors (Lipinski definition) is 1. The van der Waals surface area contributed by atoms with Gasteiger partial charge >= 0.3 is 0 Å². The molecule has 1 aliphatic carbocycles. The van der Waals surface area contributed by atoms with E-state index < -0.39 is 0 Å². The number of fused-ring (bicyclic) bond motifs is 2. The van der Waals surface area contributed by atoms with E-state index in [1.807, 2.05) is 25.1 Å². The molecule has 0 spiro atoms. The van der Waals surface area contributed by atoms with Crippen LogP contribution in [0.2, 0.25) is 0 Å². The second-order valence-electron chi connectivity index (χ2n) is 5.82. The number of carbonyl (C=O) groups is 1. The molecule has 0 saturated heterocycles. The van der Waals surface area contributed by atoms with Crippen LogP contribution in [0.25, 0.3) is 11.0 Å². The molecule has 1 amide bonds. The minimum absolute atomic E-state index is 0.220. The minimum Gasteiger partial charge on any atom is -0.490 e. The van der Waals surface area contributed by atoms with E-state index in [9.17, 15) is 4.79 Å². The predicted molar refractivity (Wildman–Crippen MR) is 88.5 cm³/mol. The standard InChI is InChI=1S/C18H18N2O4/c1-2-22-14-9-5-6-11-10-15(23-16(11)14)17(21)19-18-12-7-3-4-8-13(12)20-24-18/h5-6,9-10H,2-4,7-8H2,1H3,(H,19,21). The first-order valence-electron chi connectivity index (χ1n) is 8.20. The van der Waals surface area contributed by atoms with Crippen LogP contribution in [0.5, 0.6) is 5.75 Å². The number of furan rings is 1. The third kappa shape index (κ3) is 2.54. The maximum Gasteiger partial charge on any atom is 0.293 e. The summed E-state index contributed by atoms with van der Waals surface area (Å²) in [5, 5.41) is 7.65. The van der Waals surface area contributed by atoms with Gasteiger partial charge in [0, 0.05) is 10.9 Å². The Morgan fingerprint density at radius 2 is 2.21 bits per heavy atom. The molecule has 124 valence electrons. The van der Waals surface area contributed by atoms with Crippen LogP contribution in [-0.4, -0.2) is 17.7 Å². The highest BCUT2D eigenvalue weighted by molar-refractivity contribution is 6.04. The second kappa shape index (κ2) is 6.03. The van der Waals surface area contributed by atoms with Crippen LogP contribution in [0.3, 0.4) is 0 Å². The van der Waals surface area contributed by atoms with Gasteiger partial charge in [-0.25, -0.2) is 0 Å². The number of anilines is 1. The summed E-state index contributed by atoms with van der Waals surface area (Å²) in [4.78, 5) is 12.5. The Morgan fingerprint density at radius 1 is 1.33 bits per heavy atom. The van der Waals surface area contributed by atoms with E-state index in [0.29, 0.717) is 23.8 Å². The lowest BCUT2D eigenvalue weighted by molar-refractivity contribution is 0.0995. The van der Waals surface area contributed by atoms with Crippen molar-refractivity contribution in [3.05, 3.63) is 41.3 Å². The number of rotatable bonds is 4. The van der Waals surface area contributed by atoms with Gasteiger partial charge in [0.05, 0.1) is 12.3 Å². The number of carbonyl (C=O) groups excluding carboxylic acids is 1. The van der Waals surface area contributed by atoms with Gasteiger partial charge in [-0.3, -0.25) is 10.1 Å². The SMILES string of the molecule is CCOc1cccc2cc(C(=O)Nc3onc4c3CCCC4)oc12. The molecule has 4 rings (SSSR count). The Morgan fingerprint density at radius 3 is 3.08 bits per heavy atom. The van der Waals surface area contributed by atoms with Gasteiger partial charge in [0.2, 0.25) is 5.88 Å². The number of nitrogens with one attached hydrogen (secondary N) is 1. The average Bonchev–Trinajstić information content (AvgIpc) is 3.20.